The summed E-state index contributed by atoms with van der Waals surface area (Å²) in [4.78, 5) is 10.4. The number of nitrogens with zero attached hydrogens (tertiary/aromatic N) is 3. The van der Waals surface area contributed by atoms with E-state index in [9.17, 15) is 0 Å². The molecule has 4 nitrogen and oxygen atoms in total. The third-order valence-electron chi connectivity index (χ3n) is 3.61. The van der Waals surface area contributed by atoms with Gasteiger partial charge in [-0.2, -0.15) is 0 Å². The maximum atomic E-state index is 5.43. The van der Waals surface area contributed by atoms with Crippen LogP contribution in [-0.4, -0.2) is 15.1 Å². The van der Waals surface area contributed by atoms with Gasteiger partial charge in [-0.15, -0.1) is 23.1 Å². The number of rotatable bonds is 5. The minimum absolute atomic E-state index is 0.700. The normalized spacial score (nSPS) is 10.9. The minimum atomic E-state index is 0.700. The van der Waals surface area contributed by atoms with Crippen LogP contribution in [0.5, 0.6) is 0 Å². The molecule has 1 aromatic carbocycles. The van der Waals surface area contributed by atoms with Crippen LogP contribution in [0.25, 0.3) is 22.0 Å². The summed E-state index contributed by atoms with van der Waals surface area (Å²) >= 11 is 3.32. The van der Waals surface area contributed by atoms with Gasteiger partial charge in [-0.05, 0) is 23.9 Å². The maximum Gasteiger partial charge on any atom is 0.171 e. The molecule has 0 bridgehead atoms. The van der Waals surface area contributed by atoms with Gasteiger partial charge in [0.25, 0.3) is 0 Å². The summed E-state index contributed by atoms with van der Waals surface area (Å²) in [6.45, 7) is 1.91. The monoisotopic (exact) mass is 365 g/mol. The second-order valence-electron chi connectivity index (χ2n) is 5.50. The van der Waals surface area contributed by atoms with Gasteiger partial charge in [0.05, 0.1) is 16.1 Å². The van der Waals surface area contributed by atoms with E-state index >= 15 is 0 Å². The second-order valence-corrected chi connectivity index (χ2v) is 7.41. The lowest BCUT2D eigenvalue weighted by molar-refractivity contribution is 0.426. The Labute approximate surface area is 154 Å². The molecule has 0 spiro atoms. The van der Waals surface area contributed by atoms with Gasteiger partial charge in [0, 0.05) is 18.0 Å². The molecule has 0 aliphatic heterocycles. The van der Waals surface area contributed by atoms with E-state index in [1.807, 2.05) is 54.9 Å². The first-order chi connectivity index (χ1) is 12.3. The summed E-state index contributed by atoms with van der Waals surface area (Å²) in [7, 11) is 0. The molecule has 0 aliphatic carbocycles. The number of hydrogen-bond donors (Lipinski definition) is 0. The molecule has 0 atom stereocenters. The van der Waals surface area contributed by atoms with Crippen molar-refractivity contribution in [2.24, 2.45) is 0 Å². The van der Waals surface area contributed by atoms with Gasteiger partial charge >= 0.3 is 0 Å². The Hall–Kier alpha value is -2.44. The quantitative estimate of drug-likeness (QED) is 0.347. The van der Waals surface area contributed by atoms with E-state index in [2.05, 4.69) is 22.3 Å². The van der Waals surface area contributed by atoms with E-state index in [1.165, 1.54) is 5.56 Å². The fourth-order valence-corrected chi connectivity index (χ4v) is 4.01. The van der Waals surface area contributed by atoms with Crippen molar-refractivity contribution in [3.8, 4) is 22.0 Å². The molecule has 0 amide bonds. The molecule has 0 radical (unpaired) electrons. The highest BCUT2D eigenvalue weighted by atomic mass is 32.2. The van der Waals surface area contributed by atoms with Crippen molar-refractivity contribution in [3.63, 3.8) is 0 Å². The first kappa shape index (κ1) is 16.1. The van der Waals surface area contributed by atoms with E-state index < -0.39 is 0 Å². The van der Waals surface area contributed by atoms with Gasteiger partial charge in [-0.25, -0.2) is 9.97 Å². The number of thioether (sulfide) groups is 1. The van der Waals surface area contributed by atoms with Crippen LogP contribution in [0.1, 0.15) is 11.3 Å². The van der Waals surface area contributed by atoms with Gasteiger partial charge in [-0.3, -0.25) is 0 Å². The largest absolute Gasteiger partial charge is 0.356 e. The average Bonchev–Trinajstić information content (AvgIpc) is 3.32. The highest BCUT2D eigenvalue weighted by molar-refractivity contribution is 7.98. The molecular weight excluding hydrogens is 350 g/mol. The topological polar surface area (TPSA) is 51.8 Å². The number of hydrogen-bond acceptors (Lipinski definition) is 6. The minimum Gasteiger partial charge on any atom is -0.356 e. The molecule has 0 aliphatic rings. The predicted octanol–water partition coefficient (Wildman–Crippen LogP) is 5.46. The van der Waals surface area contributed by atoms with E-state index in [1.54, 1.807) is 23.1 Å². The summed E-state index contributed by atoms with van der Waals surface area (Å²) in [5.74, 6) is 2.28. The molecular formula is C19H15N3OS2. The third kappa shape index (κ3) is 3.65. The van der Waals surface area contributed by atoms with Gasteiger partial charge in [0.15, 0.2) is 11.6 Å². The Balaban J connectivity index is 1.70. The number of aryl methyl sites for hydroxylation is 1. The summed E-state index contributed by atoms with van der Waals surface area (Å²) in [5.41, 5.74) is 2.97. The van der Waals surface area contributed by atoms with Gasteiger partial charge in [0.1, 0.15) is 5.03 Å². The lowest BCUT2D eigenvalue weighted by Gasteiger charge is -2.07. The summed E-state index contributed by atoms with van der Waals surface area (Å²) in [6, 6.07) is 16.3. The van der Waals surface area contributed by atoms with E-state index in [0.717, 1.165) is 32.7 Å². The van der Waals surface area contributed by atoms with Crippen LogP contribution in [0.15, 0.2) is 69.7 Å². The lowest BCUT2D eigenvalue weighted by atomic mass is 10.2. The van der Waals surface area contributed by atoms with Crippen molar-refractivity contribution >= 4 is 23.1 Å². The molecule has 124 valence electrons. The Morgan fingerprint density at radius 3 is 2.72 bits per heavy atom. The van der Waals surface area contributed by atoms with Crippen molar-refractivity contribution in [2.75, 3.05) is 0 Å². The van der Waals surface area contributed by atoms with Gasteiger partial charge in [0.2, 0.25) is 0 Å². The van der Waals surface area contributed by atoms with Crippen LogP contribution in [0, 0.1) is 6.92 Å². The van der Waals surface area contributed by atoms with E-state index in [-0.39, 0.29) is 0 Å². The molecule has 4 aromatic rings. The van der Waals surface area contributed by atoms with Crippen LogP contribution in [0.2, 0.25) is 0 Å². The fraction of sp³-hybridized carbons (Fsp3) is 0.105. The van der Waals surface area contributed by atoms with Crippen LogP contribution in [0.4, 0.5) is 0 Å². The molecule has 3 heterocycles. The lowest BCUT2D eigenvalue weighted by Crippen LogP contribution is -1.93. The maximum absolute atomic E-state index is 5.43. The third-order valence-corrected chi connectivity index (χ3v) is 5.54. The molecule has 0 unspecified atom stereocenters. The molecule has 25 heavy (non-hydrogen) atoms. The Bertz CT molecular complexity index is 966. The zero-order chi connectivity index (χ0) is 17.1. The standard InChI is InChI=1S/C19H15N3OS2/c1-13-10-16(23-22-13)15-11-20-18(17-8-5-9-24-17)21-19(15)25-12-14-6-3-2-4-7-14/h2-11H,12H2,1H3. The summed E-state index contributed by atoms with van der Waals surface area (Å²) in [5, 5.41) is 6.92. The predicted molar refractivity (Wildman–Crippen MR) is 102 cm³/mol. The number of benzene rings is 1. The first-order valence-corrected chi connectivity index (χ1v) is 9.67. The second kappa shape index (κ2) is 7.21. The highest BCUT2D eigenvalue weighted by Gasteiger charge is 2.15. The van der Waals surface area contributed by atoms with Gasteiger partial charge in [-0.1, -0.05) is 41.6 Å². The van der Waals surface area contributed by atoms with Crippen LogP contribution >= 0.6 is 23.1 Å². The molecule has 0 fully saturated rings. The van der Waals surface area contributed by atoms with Gasteiger partial charge < -0.3 is 4.52 Å². The van der Waals surface area contributed by atoms with Crippen LogP contribution < -0.4 is 0 Å². The molecule has 0 saturated carbocycles. The number of thiophene rings is 1. The van der Waals surface area contributed by atoms with Crippen molar-refractivity contribution in [3.05, 3.63) is 71.4 Å². The summed E-state index contributed by atoms with van der Waals surface area (Å²) < 4.78 is 5.43. The fourth-order valence-electron chi connectivity index (χ4n) is 2.39. The van der Waals surface area contributed by atoms with Crippen molar-refractivity contribution in [1.29, 1.82) is 0 Å². The average molecular weight is 365 g/mol. The van der Waals surface area contributed by atoms with Crippen LogP contribution in [0.3, 0.4) is 0 Å². The van der Waals surface area contributed by atoms with Crippen molar-refractivity contribution in [2.45, 2.75) is 17.7 Å². The molecule has 0 saturated heterocycles. The van der Waals surface area contributed by atoms with E-state index in [4.69, 9.17) is 9.51 Å². The first-order valence-electron chi connectivity index (χ1n) is 7.81. The Morgan fingerprint density at radius 2 is 2.00 bits per heavy atom. The van der Waals surface area contributed by atoms with Crippen molar-refractivity contribution in [1.82, 2.24) is 15.1 Å². The molecule has 4 rings (SSSR count). The molecule has 6 heteroatoms. The van der Waals surface area contributed by atoms with Crippen LogP contribution in [-0.2, 0) is 5.75 Å². The SMILES string of the molecule is Cc1cc(-c2cnc(-c3cccs3)nc2SCc2ccccc2)on1. The van der Waals surface area contributed by atoms with E-state index in [0.29, 0.717) is 5.76 Å². The highest BCUT2D eigenvalue weighted by Crippen LogP contribution is 2.34. The molecule has 3 aromatic heterocycles. The zero-order valence-electron chi connectivity index (χ0n) is 13.5. The zero-order valence-corrected chi connectivity index (χ0v) is 15.2. The number of aromatic nitrogens is 3. The smallest absolute Gasteiger partial charge is 0.171 e. The Morgan fingerprint density at radius 1 is 1.12 bits per heavy atom. The Kier molecular flexibility index (Phi) is 4.63. The van der Waals surface area contributed by atoms with Crippen molar-refractivity contribution < 1.29 is 4.52 Å². The molecule has 0 N–H and O–H groups in total. The summed E-state index contributed by atoms with van der Waals surface area (Å²) in [6.07, 6.45) is 1.83.